The number of nitrogens with one attached hydrogen (secondary N) is 1. The van der Waals surface area contributed by atoms with Crippen LogP contribution in [0.1, 0.15) is 19.8 Å². The van der Waals surface area contributed by atoms with E-state index in [1.165, 1.54) is 6.92 Å². The van der Waals surface area contributed by atoms with Crippen LogP contribution in [0.3, 0.4) is 0 Å². The number of rotatable bonds is 4. The molecule has 1 heterocycles. The van der Waals surface area contributed by atoms with Gasteiger partial charge in [-0.15, -0.1) is 0 Å². The minimum absolute atomic E-state index is 0.0392. The van der Waals surface area contributed by atoms with Crippen LogP contribution in [0, 0.1) is 11.7 Å². The Labute approximate surface area is 143 Å². The quantitative estimate of drug-likeness (QED) is 0.833. The molecule has 1 atom stereocenters. The van der Waals surface area contributed by atoms with Gasteiger partial charge in [-0.05, 0) is 18.9 Å². The maximum absolute atomic E-state index is 14.3. The maximum Gasteiger partial charge on any atom is 0.307 e. The molecule has 2 rings (SSSR count). The van der Waals surface area contributed by atoms with E-state index in [2.05, 4.69) is 5.32 Å². The Morgan fingerprint density at radius 2 is 2.08 bits per heavy atom. The Balaban J connectivity index is 2.37. The Morgan fingerprint density at radius 1 is 1.42 bits per heavy atom. The molecule has 0 spiro atoms. The SMILES string of the molecule is CC(=O)Nc1cc(F)c(S(=O)(=O)N2CCCC(C(=O)O)C2)cc1Cl. The van der Waals surface area contributed by atoms with Crippen LogP contribution in [0.25, 0.3) is 0 Å². The van der Waals surface area contributed by atoms with Crippen molar-refractivity contribution in [3.8, 4) is 0 Å². The van der Waals surface area contributed by atoms with Gasteiger partial charge in [-0.25, -0.2) is 12.8 Å². The van der Waals surface area contributed by atoms with E-state index in [9.17, 15) is 22.4 Å². The number of anilines is 1. The fourth-order valence-corrected chi connectivity index (χ4v) is 4.38. The van der Waals surface area contributed by atoms with E-state index in [-0.39, 0.29) is 23.8 Å². The lowest BCUT2D eigenvalue weighted by molar-refractivity contribution is -0.142. The molecule has 10 heteroatoms. The second kappa shape index (κ2) is 7.04. The van der Waals surface area contributed by atoms with Crippen LogP contribution in [-0.2, 0) is 19.6 Å². The first-order valence-corrected chi connectivity index (χ1v) is 8.94. The van der Waals surface area contributed by atoms with Crippen LogP contribution >= 0.6 is 11.6 Å². The predicted octanol–water partition coefficient (Wildman–Crippen LogP) is 1.92. The van der Waals surface area contributed by atoms with E-state index in [4.69, 9.17) is 16.7 Å². The number of sulfonamides is 1. The van der Waals surface area contributed by atoms with Gasteiger partial charge in [0.15, 0.2) is 0 Å². The molecule has 0 radical (unpaired) electrons. The summed E-state index contributed by atoms with van der Waals surface area (Å²) in [5.41, 5.74) is -0.0392. The van der Waals surface area contributed by atoms with Crippen LogP contribution in [0.2, 0.25) is 5.02 Å². The molecule has 1 aliphatic heterocycles. The smallest absolute Gasteiger partial charge is 0.307 e. The predicted molar refractivity (Wildman–Crippen MR) is 84.8 cm³/mol. The van der Waals surface area contributed by atoms with E-state index < -0.39 is 38.5 Å². The first-order chi connectivity index (χ1) is 11.1. The highest BCUT2D eigenvalue weighted by Crippen LogP contribution is 2.31. The van der Waals surface area contributed by atoms with E-state index in [0.717, 1.165) is 16.4 Å². The van der Waals surface area contributed by atoms with Crippen LogP contribution in [0.4, 0.5) is 10.1 Å². The first kappa shape index (κ1) is 18.6. The monoisotopic (exact) mass is 378 g/mol. The van der Waals surface area contributed by atoms with E-state index >= 15 is 0 Å². The lowest BCUT2D eigenvalue weighted by Gasteiger charge is -2.30. The standard InChI is InChI=1S/C14H16ClFN2O5S/c1-8(19)17-12-6-11(16)13(5-10(12)15)24(22,23)18-4-2-3-9(7-18)14(20)21/h5-6,9H,2-4,7H2,1H3,(H,17,19)(H,20,21). The number of benzene rings is 1. The van der Waals surface area contributed by atoms with Crippen molar-refractivity contribution in [1.29, 1.82) is 0 Å². The number of carboxylic acids is 1. The molecule has 1 saturated heterocycles. The number of halogens is 2. The number of hydrogen-bond acceptors (Lipinski definition) is 4. The molecule has 0 aromatic heterocycles. The van der Waals surface area contributed by atoms with E-state index in [1.807, 2.05) is 0 Å². The Bertz CT molecular complexity index is 784. The highest BCUT2D eigenvalue weighted by molar-refractivity contribution is 7.89. The Hall–Kier alpha value is -1.71. The highest BCUT2D eigenvalue weighted by atomic mass is 35.5. The summed E-state index contributed by atoms with van der Waals surface area (Å²) in [6.45, 7) is 1.09. The van der Waals surface area contributed by atoms with Crippen molar-refractivity contribution >= 4 is 39.2 Å². The molecule has 0 saturated carbocycles. The lowest BCUT2D eigenvalue weighted by Crippen LogP contribution is -2.42. The number of hydrogen-bond donors (Lipinski definition) is 2. The molecule has 1 aliphatic rings. The molecule has 1 unspecified atom stereocenters. The van der Waals surface area contributed by atoms with Gasteiger partial charge in [0.1, 0.15) is 10.7 Å². The summed E-state index contributed by atoms with van der Waals surface area (Å²) in [6.07, 6.45) is 0.738. The molecule has 0 bridgehead atoms. The van der Waals surface area contributed by atoms with Gasteiger partial charge < -0.3 is 10.4 Å². The second-order valence-electron chi connectivity index (χ2n) is 5.48. The maximum atomic E-state index is 14.3. The van der Waals surface area contributed by atoms with Crippen molar-refractivity contribution in [2.24, 2.45) is 5.92 Å². The molecule has 7 nitrogen and oxygen atoms in total. The molecule has 24 heavy (non-hydrogen) atoms. The number of amides is 1. The number of piperidine rings is 1. The molecule has 1 aromatic carbocycles. The number of nitrogens with zero attached hydrogens (tertiary/aromatic N) is 1. The van der Waals surface area contributed by atoms with Gasteiger partial charge in [0, 0.05) is 26.1 Å². The largest absolute Gasteiger partial charge is 0.481 e. The summed E-state index contributed by atoms with van der Waals surface area (Å²) in [5.74, 6) is -3.46. The van der Waals surface area contributed by atoms with Gasteiger partial charge in [0.25, 0.3) is 0 Å². The zero-order valence-electron chi connectivity index (χ0n) is 12.8. The summed E-state index contributed by atoms with van der Waals surface area (Å²) >= 11 is 5.91. The minimum atomic E-state index is -4.23. The van der Waals surface area contributed by atoms with Gasteiger partial charge in [0.05, 0.1) is 16.6 Å². The minimum Gasteiger partial charge on any atom is -0.481 e. The number of carboxylic acid groups (broad SMARTS) is 1. The fourth-order valence-electron chi connectivity index (χ4n) is 2.51. The third kappa shape index (κ3) is 3.85. The molecule has 0 aliphatic carbocycles. The van der Waals surface area contributed by atoms with Crippen LogP contribution in [0.15, 0.2) is 17.0 Å². The van der Waals surface area contributed by atoms with Crippen molar-refractivity contribution < 1.29 is 27.5 Å². The number of aliphatic carboxylic acids is 1. The van der Waals surface area contributed by atoms with Crippen LogP contribution in [-0.4, -0.2) is 42.8 Å². The average molecular weight is 379 g/mol. The topological polar surface area (TPSA) is 104 Å². The Morgan fingerprint density at radius 3 is 2.67 bits per heavy atom. The highest BCUT2D eigenvalue weighted by Gasteiger charge is 2.35. The van der Waals surface area contributed by atoms with Crippen molar-refractivity contribution in [3.05, 3.63) is 23.0 Å². The molecule has 2 N–H and O–H groups in total. The zero-order chi connectivity index (χ0) is 18.1. The fraction of sp³-hybridized carbons (Fsp3) is 0.429. The van der Waals surface area contributed by atoms with Gasteiger partial charge >= 0.3 is 5.97 Å². The van der Waals surface area contributed by atoms with Crippen LogP contribution < -0.4 is 5.32 Å². The summed E-state index contributed by atoms with van der Waals surface area (Å²) in [4.78, 5) is 21.5. The molecule has 132 valence electrons. The number of carbonyl (C=O) groups is 2. The Kier molecular flexibility index (Phi) is 5.46. The third-order valence-corrected chi connectivity index (χ3v) is 5.88. The summed E-state index contributed by atoms with van der Waals surface area (Å²) in [6, 6.07) is 1.75. The summed E-state index contributed by atoms with van der Waals surface area (Å²) < 4.78 is 40.4. The second-order valence-corrected chi connectivity index (χ2v) is 7.80. The zero-order valence-corrected chi connectivity index (χ0v) is 14.3. The van der Waals surface area contributed by atoms with Crippen LogP contribution in [0.5, 0.6) is 0 Å². The van der Waals surface area contributed by atoms with Crippen molar-refractivity contribution in [2.75, 3.05) is 18.4 Å². The van der Waals surface area contributed by atoms with Gasteiger partial charge in [-0.2, -0.15) is 4.31 Å². The molecule has 1 amide bonds. The third-order valence-electron chi connectivity index (χ3n) is 3.68. The van der Waals surface area contributed by atoms with Crippen molar-refractivity contribution in [3.63, 3.8) is 0 Å². The van der Waals surface area contributed by atoms with Gasteiger partial charge in [0.2, 0.25) is 15.9 Å². The molecule has 1 fully saturated rings. The first-order valence-electron chi connectivity index (χ1n) is 7.12. The molecular weight excluding hydrogens is 363 g/mol. The van der Waals surface area contributed by atoms with Gasteiger partial charge in [-0.1, -0.05) is 11.6 Å². The molecular formula is C14H16ClFN2O5S. The van der Waals surface area contributed by atoms with Crippen molar-refractivity contribution in [1.82, 2.24) is 4.31 Å². The number of carbonyl (C=O) groups excluding carboxylic acids is 1. The van der Waals surface area contributed by atoms with Crippen molar-refractivity contribution in [2.45, 2.75) is 24.7 Å². The van der Waals surface area contributed by atoms with E-state index in [1.54, 1.807) is 0 Å². The normalized spacial score (nSPS) is 19.0. The summed E-state index contributed by atoms with van der Waals surface area (Å²) in [5, 5.41) is 11.2. The van der Waals surface area contributed by atoms with Gasteiger partial charge in [-0.3, -0.25) is 9.59 Å². The average Bonchev–Trinajstić information content (AvgIpc) is 2.50. The lowest BCUT2D eigenvalue weighted by atomic mass is 10.0. The summed E-state index contributed by atoms with van der Waals surface area (Å²) in [7, 11) is -4.23. The molecule has 1 aromatic rings. The van der Waals surface area contributed by atoms with E-state index in [0.29, 0.717) is 12.8 Å².